The summed E-state index contributed by atoms with van der Waals surface area (Å²) in [4.78, 5) is 10.5. The Morgan fingerprint density at radius 1 is 1.42 bits per heavy atom. The lowest BCUT2D eigenvalue weighted by Gasteiger charge is -2.26. The Morgan fingerprint density at radius 2 is 2.00 bits per heavy atom. The zero-order valence-corrected chi connectivity index (χ0v) is 7.21. The summed E-state index contributed by atoms with van der Waals surface area (Å²) in [6.45, 7) is 0.484. The first-order valence-corrected chi connectivity index (χ1v) is 4.31. The number of nitrogens with two attached hydrogens (primary N) is 2. The van der Waals surface area contributed by atoms with Crippen molar-refractivity contribution >= 4 is 5.91 Å². The van der Waals surface area contributed by atoms with E-state index in [9.17, 15) is 4.79 Å². The van der Waals surface area contributed by atoms with Gasteiger partial charge in [-0.25, -0.2) is 0 Å². The summed E-state index contributed by atoms with van der Waals surface area (Å²) in [7, 11) is 0. The van der Waals surface area contributed by atoms with E-state index in [-0.39, 0.29) is 12.2 Å². The topological polar surface area (TPSA) is 78.3 Å². The number of hydrogen-bond acceptors (Lipinski definition) is 3. The van der Waals surface area contributed by atoms with Crippen molar-refractivity contribution in [1.82, 2.24) is 0 Å². The van der Waals surface area contributed by atoms with Crippen LogP contribution in [0, 0.1) is 0 Å². The molecule has 0 radical (unpaired) electrons. The molecular formula is C8H16N2O2. The fraction of sp³-hybridized carbons (Fsp3) is 0.875. The molecule has 0 aromatic rings. The molecule has 0 saturated heterocycles. The maximum atomic E-state index is 10.5. The van der Waals surface area contributed by atoms with Gasteiger partial charge in [-0.05, 0) is 12.8 Å². The Labute approximate surface area is 72.2 Å². The normalized spacial score (nSPS) is 21.1. The number of amides is 1. The van der Waals surface area contributed by atoms with Crippen molar-refractivity contribution in [3.05, 3.63) is 0 Å². The quantitative estimate of drug-likeness (QED) is 0.614. The molecule has 0 spiro atoms. The third-order valence-corrected chi connectivity index (χ3v) is 2.41. The summed E-state index contributed by atoms with van der Waals surface area (Å²) < 4.78 is 5.40. The average molecular weight is 172 g/mol. The molecule has 0 atom stereocenters. The summed E-state index contributed by atoms with van der Waals surface area (Å²) in [6.07, 6.45) is 4.18. The van der Waals surface area contributed by atoms with Gasteiger partial charge in [0.25, 0.3) is 0 Å². The number of ether oxygens (including phenoxy) is 1. The van der Waals surface area contributed by atoms with E-state index in [1.807, 2.05) is 0 Å². The summed E-state index contributed by atoms with van der Waals surface area (Å²) in [6, 6.07) is 0. The van der Waals surface area contributed by atoms with Crippen molar-refractivity contribution in [2.24, 2.45) is 11.5 Å². The van der Waals surface area contributed by atoms with Crippen LogP contribution in [0.15, 0.2) is 0 Å². The fourth-order valence-corrected chi connectivity index (χ4v) is 1.65. The number of carbonyl (C=O) groups is 1. The van der Waals surface area contributed by atoms with E-state index in [0.29, 0.717) is 6.54 Å². The highest BCUT2D eigenvalue weighted by Gasteiger charge is 2.33. The smallest absolute Gasteiger partial charge is 0.243 e. The maximum absolute atomic E-state index is 10.5. The Bertz CT molecular complexity index is 164. The van der Waals surface area contributed by atoms with E-state index < -0.39 is 5.91 Å². The average Bonchev–Trinajstić information content (AvgIpc) is 2.50. The highest BCUT2D eigenvalue weighted by atomic mass is 16.5. The van der Waals surface area contributed by atoms with Crippen molar-refractivity contribution in [2.45, 2.75) is 31.3 Å². The molecule has 0 aliphatic heterocycles. The second-order valence-corrected chi connectivity index (χ2v) is 3.35. The van der Waals surface area contributed by atoms with Crippen LogP contribution in [0.4, 0.5) is 0 Å². The van der Waals surface area contributed by atoms with E-state index >= 15 is 0 Å². The van der Waals surface area contributed by atoms with Crippen molar-refractivity contribution in [2.75, 3.05) is 13.2 Å². The third kappa shape index (κ3) is 2.19. The second-order valence-electron chi connectivity index (χ2n) is 3.35. The van der Waals surface area contributed by atoms with E-state index in [1.165, 1.54) is 0 Å². The SMILES string of the molecule is NCC1(OCC(N)=O)CCCC1. The van der Waals surface area contributed by atoms with Gasteiger partial charge in [0.2, 0.25) is 5.91 Å². The molecule has 70 valence electrons. The Hall–Kier alpha value is -0.610. The lowest BCUT2D eigenvalue weighted by atomic mass is 10.0. The minimum Gasteiger partial charge on any atom is -0.368 e. The minimum atomic E-state index is -0.422. The van der Waals surface area contributed by atoms with Crippen molar-refractivity contribution in [3.63, 3.8) is 0 Å². The number of rotatable bonds is 4. The van der Waals surface area contributed by atoms with Gasteiger partial charge in [0.05, 0.1) is 5.60 Å². The predicted octanol–water partition coefficient (Wildman–Crippen LogP) is -0.240. The van der Waals surface area contributed by atoms with Gasteiger partial charge in [0.15, 0.2) is 0 Å². The molecule has 0 heterocycles. The van der Waals surface area contributed by atoms with E-state index in [1.54, 1.807) is 0 Å². The first-order valence-electron chi connectivity index (χ1n) is 4.31. The highest BCUT2D eigenvalue weighted by molar-refractivity contribution is 5.75. The third-order valence-electron chi connectivity index (χ3n) is 2.41. The number of hydrogen-bond donors (Lipinski definition) is 2. The van der Waals surface area contributed by atoms with Crippen LogP contribution in [0.3, 0.4) is 0 Å². The lowest BCUT2D eigenvalue weighted by molar-refractivity contribution is -0.129. The number of carbonyl (C=O) groups excluding carboxylic acids is 1. The molecule has 4 heteroatoms. The molecule has 0 unspecified atom stereocenters. The Balaban J connectivity index is 2.39. The molecule has 0 aromatic heterocycles. The van der Waals surface area contributed by atoms with Gasteiger partial charge >= 0.3 is 0 Å². The molecule has 1 rings (SSSR count). The standard InChI is InChI=1S/C8H16N2O2/c9-6-8(3-1-2-4-8)12-5-7(10)11/h1-6,9H2,(H2,10,11). The van der Waals surface area contributed by atoms with E-state index in [0.717, 1.165) is 25.7 Å². The van der Waals surface area contributed by atoms with Gasteiger partial charge in [-0.3, -0.25) is 4.79 Å². The van der Waals surface area contributed by atoms with Crippen LogP contribution in [0.5, 0.6) is 0 Å². The van der Waals surface area contributed by atoms with Crippen molar-refractivity contribution in [3.8, 4) is 0 Å². The number of primary amides is 1. The summed E-state index contributed by atoms with van der Waals surface area (Å²) in [5.41, 5.74) is 10.3. The summed E-state index contributed by atoms with van der Waals surface area (Å²) >= 11 is 0. The molecule has 1 amide bonds. The Kier molecular flexibility index (Phi) is 3.05. The molecule has 4 N–H and O–H groups in total. The summed E-state index contributed by atoms with van der Waals surface area (Å²) in [5, 5.41) is 0. The molecule has 4 nitrogen and oxygen atoms in total. The van der Waals surface area contributed by atoms with Crippen molar-refractivity contribution < 1.29 is 9.53 Å². The molecule has 0 bridgehead atoms. The molecule has 1 saturated carbocycles. The first-order chi connectivity index (χ1) is 5.68. The van der Waals surface area contributed by atoms with Gasteiger partial charge in [-0.15, -0.1) is 0 Å². The van der Waals surface area contributed by atoms with Crippen LogP contribution >= 0.6 is 0 Å². The minimum absolute atomic E-state index is 0.00278. The molecule has 1 fully saturated rings. The van der Waals surface area contributed by atoms with Crippen LogP contribution < -0.4 is 11.5 Å². The van der Waals surface area contributed by atoms with Crippen LogP contribution in [-0.2, 0) is 9.53 Å². The first kappa shape index (κ1) is 9.48. The molecular weight excluding hydrogens is 156 g/mol. The molecule has 1 aliphatic rings. The van der Waals surface area contributed by atoms with E-state index in [4.69, 9.17) is 16.2 Å². The van der Waals surface area contributed by atoms with E-state index in [2.05, 4.69) is 0 Å². The van der Waals surface area contributed by atoms with Crippen LogP contribution in [-0.4, -0.2) is 24.7 Å². The van der Waals surface area contributed by atoms with Gasteiger partial charge in [0.1, 0.15) is 6.61 Å². The van der Waals surface area contributed by atoms with Gasteiger partial charge in [-0.2, -0.15) is 0 Å². The van der Waals surface area contributed by atoms with Crippen LogP contribution in [0.2, 0.25) is 0 Å². The second kappa shape index (κ2) is 3.87. The maximum Gasteiger partial charge on any atom is 0.243 e. The molecule has 1 aliphatic carbocycles. The molecule has 12 heavy (non-hydrogen) atoms. The largest absolute Gasteiger partial charge is 0.368 e. The Morgan fingerprint density at radius 3 is 2.42 bits per heavy atom. The fourth-order valence-electron chi connectivity index (χ4n) is 1.65. The predicted molar refractivity (Wildman–Crippen MR) is 45.4 cm³/mol. The highest BCUT2D eigenvalue weighted by Crippen LogP contribution is 2.31. The zero-order valence-electron chi connectivity index (χ0n) is 7.21. The van der Waals surface area contributed by atoms with Gasteiger partial charge in [-0.1, -0.05) is 12.8 Å². The lowest BCUT2D eigenvalue weighted by Crippen LogP contribution is -2.40. The van der Waals surface area contributed by atoms with Crippen molar-refractivity contribution in [1.29, 1.82) is 0 Å². The monoisotopic (exact) mass is 172 g/mol. The van der Waals surface area contributed by atoms with Gasteiger partial charge < -0.3 is 16.2 Å². The van der Waals surface area contributed by atoms with Crippen LogP contribution in [0.25, 0.3) is 0 Å². The molecule has 0 aromatic carbocycles. The zero-order chi connectivity index (χ0) is 9.03. The van der Waals surface area contributed by atoms with Crippen LogP contribution in [0.1, 0.15) is 25.7 Å². The summed E-state index contributed by atoms with van der Waals surface area (Å²) in [5.74, 6) is -0.422. The van der Waals surface area contributed by atoms with Gasteiger partial charge in [0, 0.05) is 6.54 Å².